The average molecular weight is 204 g/mol. The van der Waals surface area contributed by atoms with Gasteiger partial charge in [0.05, 0.1) is 0 Å². The molecule has 0 amide bonds. The van der Waals surface area contributed by atoms with Crippen molar-refractivity contribution in [2.45, 2.75) is 53.4 Å². The van der Waals surface area contributed by atoms with Crippen molar-refractivity contribution in [3.63, 3.8) is 0 Å². The van der Waals surface area contributed by atoms with Crippen LogP contribution in [0.1, 0.15) is 53.4 Å². The Labute approximate surface area is 94.1 Å². The molecule has 0 nitrogen and oxygen atoms in total. The zero-order valence-corrected chi connectivity index (χ0v) is 10.6. The van der Waals surface area contributed by atoms with Crippen LogP contribution in [0.3, 0.4) is 0 Å². The Hall–Kier alpha value is -0.260. The summed E-state index contributed by atoms with van der Waals surface area (Å²) in [6.07, 6.45) is 5.82. The van der Waals surface area contributed by atoms with Gasteiger partial charge in [0, 0.05) is 0 Å². The molecule has 0 radical (unpaired) electrons. The lowest BCUT2D eigenvalue weighted by atomic mass is 9.82. The van der Waals surface area contributed by atoms with Crippen LogP contribution in [0.15, 0.2) is 11.1 Å². The normalized spacial score (nSPS) is 47.2. The highest BCUT2D eigenvalue weighted by Crippen LogP contribution is 2.69. The molecule has 0 N–H and O–H groups in total. The van der Waals surface area contributed by atoms with E-state index in [0.717, 1.165) is 23.7 Å². The molecule has 2 saturated carbocycles. The SMILES string of the molecule is CC1=C2[C@@H]3[C@H](CC[C@H](C)[C@H]2CC1)C3(C)C. The maximum atomic E-state index is 2.49. The second kappa shape index (κ2) is 2.90. The minimum Gasteiger partial charge on any atom is -0.0735 e. The fraction of sp³-hybridized carbons (Fsp3) is 0.867. The number of fused-ring (bicyclic) bond motifs is 3. The van der Waals surface area contributed by atoms with Crippen molar-refractivity contribution >= 4 is 0 Å². The van der Waals surface area contributed by atoms with E-state index < -0.39 is 0 Å². The van der Waals surface area contributed by atoms with Gasteiger partial charge in [0.25, 0.3) is 0 Å². The summed E-state index contributed by atoms with van der Waals surface area (Å²) in [5, 5.41) is 0. The number of rotatable bonds is 0. The summed E-state index contributed by atoms with van der Waals surface area (Å²) in [6.45, 7) is 9.88. The second-order valence-electron chi connectivity index (χ2n) is 6.84. The topological polar surface area (TPSA) is 0 Å². The zero-order valence-electron chi connectivity index (χ0n) is 10.6. The predicted molar refractivity (Wildman–Crippen MR) is 64.6 cm³/mol. The van der Waals surface area contributed by atoms with Gasteiger partial charge < -0.3 is 0 Å². The first-order valence-electron chi connectivity index (χ1n) is 6.73. The Balaban J connectivity index is 2.00. The molecule has 3 rings (SSSR count). The molecule has 15 heavy (non-hydrogen) atoms. The highest BCUT2D eigenvalue weighted by atomic mass is 14.7. The van der Waals surface area contributed by atoms with Gasteiger partial charge in [-0.15, -0.1) is 0 Å². The summed E-state index contributed by atoms with van der Waals surface area (Å²) >= 11 is 0. The Morgan fingerprint density at radius 2 is 1.87 bits per heavy atom. The molecular weight excluding hydrogens is 180 g/mol. The predicted octanol–water partition coefficient (Wildman–Crippen LogP) is 4.42. The molecule has 0 bridgehead atoms. The van der Waals surface area contributed by atoms with Crippen molar-refractivity contribution < 1.29 is 0 Å². The van der Waals surface area contributed by atoms with Gasteiger partial charge in [-0.05, 0) is 61.7 Å². The van der Waals surface area contributed by atoms with E-state index in [1.165, 1.54) is 25.7 Å². The molecule has 0 unspecified atom stereocenters. The summed E-state index contributed by atoms with van der Waals surface area (Å²) < 4.78 is 0. The maximum Gasteiger partial charge on any atom is -0.0110 e. The molecule has 0 saturated heterocycles. The Kier molecular flexibility index (Phi) is 1.92. The smallest absolute Gasteiger partial charge is 0.0110 e. The van der Waals surface area contributed by atoms with E-state index in [1.807, 2.05) is 5.57 Å². The molecule has 0 aliphatic heterocycles. The van der Waals surface area contributed by atoms with E-state index in [4.69, 9.17) is 0 Å². The van der Waals surface area contributed by atoms with Crippen LogP contribution in [0.5, 0.6) is 0 Å². The van der Waals surface area contributed by atoms with E-state index in [2.05, 4.69) is 27.7 Å². The van der Waals surface area contributed by atoms with Crippen LogP contribution in [0.2, 0.25) is 0 Å². The minimum atomic E-state index is 0.638. The van der Waals surface area contributed by atoms with E-state index >= 15 is 0 Å². The van der Waals surface area contributed by atoms with Crippen LogP contribution in [-0.2, 0) is 0 Å². The van der Waals surface area contributed by atoms with E-state index in [0.29, 0.717) is 5.41 Å². The Morgan fingerprint density at radius 1 is 1.13 bits per heavy atom. The van der Waals surface area contributed by atoms with Crippen LogP contribution in [0.4, 0.5) is 0 Å². The highest BCUT2D eigenvalue weighted by Gasteiger charge is 2.61. The first-order valence-corrected chi connectivity index (χ1v) is 6.73. The van der Waals surface area contributed by atoms with Gasteiger partial charge in [-0.3, -0.25) is 0 Å². The third-order valence-electron chi connectivity index (χ3n) is 5.73. The molecular formula is C15H24. The molecule has 3 aliphatic carbocycles. The molecule has 84 valence electrons. The standard InChI is InChI=1S/C15H24/c1-9-6-8-12-14(15(12,3)4)13-10(2)5-7-11(9)13/h9,11-12,14H,5-8H2,1-4H3/t9-,11+,12-,14-/m0/s1. The molecule has 0 aromatic heterocycles. The van der Waals surface area contributed by atoms with E-state index in [9.17, 15) is 0 Å². The quantitative estimate of drug-likeness (QED) is 0.513. The Bertz CT molecular complexity index is 321. The average Bonchev–Trinajstić information content (AvgIpc) is 2.55. The van der Waals surface area contributed by atoms with Gasteiger partial charge in [0.2, 0.25) is 0 Å². The van der Waals surface area contributed by atoms with Crippen LogP contribution in [0.25, 0.3) is 0 Å². The third kappa shape index (κ3) is 1.20. The number of hydrogen-bond donors (Lipinski definition) is 0. The number of allylic oxidation sites excluding steroid dienone is 2. The van der Waals surface area contributed by atoms with Gasteiger partial charge >= 0.3 is 0 Å². The van der Waals surface area contributed by atoms with Gasteiger partial charge in [-0.25, -0.2) is 0 Å². The van der Waals surface area contributed by atoms with Crippen LogP contribution >= 0.6 is 0 Å². The summed E-state index contributed by atoms with van der Waals surface area (Å²) in [4.78, 5) is 0. The monoisotopic (exact) mass is 204 g/mol. The van der Waals surface area contributed by atoms with Crippen LogP contribution < -0.4 is 0 Å². The second-order valence-corrected chi connectivity index (χ2v) is 6.84. The summed E-state index contributed by atoms with van der Waals surface area (Å²) in [7, 11) is 0. The van der Waals surface area contributed by atoms with Crippen molar-refractivity contribution in [3.8, 4) is 0 Å². The van der Waals surface area contributed by atoms with E-state index in [1.54, 1.807) is 5.57 Å². The zero-order chi connectivity index (χ0) is 10.8. The van der Waals surface area contributed by atoms with E-state index in [-0.39, 0.29) is 0 Å². The first kappa shape index (κ1) is 9.93. The largest absolute Gasteiger partial charge is 0.0735 e. The molecule has 0 aromatic rings. The van der Waals surface area contributed by atoms with Crippen LogP contribution in [0, 0.1) is 29.1 Å². The lowest BCUT2D eigenvalue weighted by Crippen LogP contribution is -2.13. The molecule has 3 aliphatic rings. The lowest BCUT2D eigenvalue weighted by Gasteiger charge is -2.23. The van der Waals surface area contributed by atoms with Crippen molar-refractivity contribution in [2.75, 3.05) is 0 Å². The van der Waals surface area contributed by atoms with Crippen molar-refractivity contribution in [2.24, 2.45) is 29.1 Å². The molecule has 2 fully saturated rings. The Morgan fingerprint density at radius 3 is 2.60 bits per heavy atom. The molecule has 4 atom stereocenters. The fourth-order valence-corrected chi connectivity index (χ4v) is 4.62. The first-order chi connectivity index (χ1) is 7.03. The van der Waals surface area contributed by atoms with Crippen molar-refractivity contribution in [1.82, 2.24) is 0 Å². The summed E-state index contributed by atoms with van der Waals surface area (Å²) in [6, 6.07) is 0. The molecule has 0 heterocycles. The molecule has 0 aromatic carbocycles. The fourth-order valence-electron chi connectivity index (χ4n) is 4.62. The van der Waals surface area contributed by atoms with Crippen LogP contribution in [-0.4, -0.2) is 0 Å². The minimum absolute atomic E-state index is 0.638. The molecule has 0 spiro atoms. The number of hydrogen-bond acceptors (Lipinski definition) is 0. The van der Waals surface area contributed by atoms with Gasteiger partial charge in [0.1, 0.15) is 0 Å². The van der Waals surface area contributed by atoms with Crippen molar-refractivity contribution in [3.05, 3.63) is 11.1 Å². The third-order valence-corrected chi connectivity index (χ3v) is 5.73. The highest BCUT2D eigenvalue weighted by molar-refractivity contribution is 5.34. The molecule has 0 heteroatoms. The van der Waals surface area contributed by atoms with Gasteiger partial charge in [-0.2, -0.15) is 0 Å². The van der Waals surface area contributed by atoms with Crippen molar-refractivity contribution in [1.29, 1.82) is 0 Å². The summed E-state index contributed by atoms with van der Waals surface area (Å²) in [5.74, 6) is 3.91. The maximum absolute atomic E-state index is 2.49. The van der Waals surface area contributed by atoms with Gasteiger partial charge in [-0.1, -0.05) is 31.9 Å². The summed E-state index contributed by atoms with van der Waals surface area (Å²) in [5.41, 5.74) is 4.31. The lowest BCUT2D eigenvalue weighted by molar-refractivity contribution is 0.351. The van der Waals surface area contributed by atoms with Gasteiger partial charge in [0.15, 0.2) is 0 Å².